The van der Waals surface area contributed by atoms with Gasteiger partial charge < -0.3 is 10.3 Å². The molecule has 8 heteroatoms. The Morgan fingerprint density at radius 2 is 1.96 bits per heavy atom. The molecule has 1 atom stereocenters. The van der Waals surface area contributed by atoms with Gasteiger partial charge >= 0.3 is 0 Å². The molecule has 0 aliphatic heterocycles. The van der Waals surface area contributed by atoms with E-state index >= 15 is 0 Å². The Morgan fingerprint density at radius 3 is 2.67 bits per heavy atom. The highest BCUT2D eigenvalue weighted by Crippen LogP contribution is 2.26. The molecule has 1 heterocycles. The second-order valence-corrected chi connectivity index (χ2v) is 8.53. The van der Waals surface area contributed by atoms with Crippen molar-refractivity contribution in [2.24, 2.45) is 0 Å². The van der Waals surface area contributed by atoms with Gasteiger partial charge in [0.05, 0.1) is 15.6 Å². The van der Waals surface area contributed by atoms with Gasteiger partial charge in [0.15, 0.2) is 0 Å². The van der Waals surface area contributed by atoms with Crippen molar-refractivity contribution in [1.29, 1.82) is 0 Å². The Labute approximate surface area is 163 Å². The summed E-state index contributed by atoms with van der Waals surface area (Å²) in [5.41, 5.74) is 2.43. The second-order valence-electron chi connectivity index (χ2n) is 6.41. The zero-order valence-corrected chi connectivity index (χ0v) is 16.5. The molecule has 142 valence electrons. The van der Waals surface area contributed by atoms with Crippen LogP contribution in [0, 0.1) is 0 Å². The Hall–Kier alpha value is -2.35. The fraction of sp³-hybridized carbons (Fsp3) is 0.211. The van der Waals surface area contributed by atoms with Crippen LogP contribution < -0.4 is 10.0 Å². The number of aromatic amines is 1. The van der Waals surface area contributed by atoms with Crippen LogP contribution in [0.5, 0.6) is 0 Å². The molecule has 3 aromatic rings. The summed E-state index contributed by atoms with van der Waals surface area (Å²) < 4.78 is 28.0. The molecular weight excluding hydrogens is 386 g/mol. The Morgan fingerprint density at radius 1 is 1.22 bits per heavy atom. The van der Waals surface area contributed by atoms with E-state index in [1.165, 1.54) is 25.1 Å². The van der Waals surface area contributed by atoms with E-state index in [4.69, 9.17) is 11.6 Å². The van der Waals surface area contributed by atoms with Crippen molar-refractivity contribution in [3.8, 4) is 0 Å². The van der Waals surface area contributed by atoms with Crippen molar-refractivity contribution in [3.63, 3.8) is 0 Å². The molecule has 27 heavy (non-hydrogen) atoms. The number of anilines is 1. The van der Waals surface area contributed by atoms with Crippen molar-refractivity contribution in [2.45, 2.75) is 31.2 Å². The van der Waals surface area contributed by atoms with Crippen LogP contribution in [0.4, 0.5) is 5.69 Å². The molecule has 1 amide bonds. The van der Waals surface area contributed by atoms with E-state index in [2.05, 4.69) is 15.0 Å². The molecule has 0 aliphatic carbocycles. The number of nitrogens with one attached hydrogen (secondary N) is 3. The van der Waals surface area contributed by atoms with Gasteiger partial charge in [0.1, 0.15) is 0 Å². The maximum absolute atomic E-state index is 12.7. The fourth-order valence-electron chi connectivity index (χ4n) is 2.96. The van der Waals surface area contributed by atoms with E-state index in [-0.39, 0.29) is 21.9 Å². The Kier molecular flexibility index (Phi) is 5.55. The van der Waals surface area contributed by atoms with Crippen molar-refractivity contribution in [2.75, 3.05) is 5.32 Å². The van der Waals surface area contributed by atoms with Crippen LogP contribution in [0.2, 0.25) is 5.02 Å². The molecule has 0 saturated heterocycles. The van der Waals surface area contributed by atoms with Gasteiger partial charge in [0.25, 0.3) is 0 Å². The molecule has 0 spiro atoms. The van der Waals surface area contributed by atoms with Gasteiger partial charge in [-0.25, -0.2) is 13.1 Å². The lowest BCUT2D eigenvalue weighted by atomic mass is 10.1. The lowest BCUT2D eigenvalue weighted by molar-refractivity contribution is -0.114. The van der Waals surface area contributed by atoms with Gasteiger partial charge in [-0.05, 0) is 43.2 Å². The monoisotopic (exact) mass is 405 g/mol. The average Bonchev–Trinajstić information content (AvgIpc) is 2.99. The highest BCUT2D eigenvalue weighted by Gasteiger charge is 2.20. The first-order chi connectivity index (χ1) is 12.8. The number of para-hydroxylation sites is 1. The maximum Gasteiger partial charge on any atom is 0.240 e. The van der Waals surface area contributed by atoms with Crippen LogP contribution in [0.25, 0.3) is 10.9 Å². The second kappa shape index (κ2) is 7.72. The summed E-state index contributed by atoms with van der Waals surface area (Å²) >= 11 is 6.09. The minimum absolute atomic E-state index is 0.0485. The first-order valence-electron chi connectivity index (χ1n) is 8.41. The summed E-state index contributed by atoms with van der Waals surface area (Å²) in [6, 6.07) is 11.8. The predicted octanol–water partition coefficient (Wildman–Crippen LogP) is 3.69. The molecule has 0 fully saturated rings. The van der Waals surface area contributed by atoms with Crippen LogP contribution in [-0.4, -0.2) is 25.4 Å². The number of amides is 1. The number of carbonyl (C=O) groups excluding carboxylic acids is 1. The third-order valence-corrected chi connectivity index (χ3v) is 6.02. The summed E-state index contributed by atoms with van der Waals surface area (Å²) in [4.78, 5) is 14.4. The maximum atomic E-state index is 12.7. The normalized spacial score (nSPS) is 12.9. The minimum Gasteiger partial charge on any atom is -0.361 e. The Balaban J connectivity index is 1.75. The molecule has 1 unspecified atom stereocenters. The van der Waals surface area contributed by atoms with E-state index in [9.17, 15) is 13.2 Å². The van der Waals surface area contributed by atoms with Gasteiger partial charge in [-0.2, -0.15) is 0 Å². The van der Waals surface area contributed by atoms with E-state index < -0.39 is 10.0 Å². The van der Waals surface area contributed by atoms with Crippen molar-refractivity contribution in [1.82, 2.24) is 9.71 Å². The summed E-state index contributed by atoms with van der Waals surface area (Å²) in [6.07, 6.45) is 2.44. The third kappa shape index (κ3) is 4.50. The molecular formula is C19H20ClN3O3S. The van der Waals surface area contributed by atoms with E-state index in [1.807, 2.05) is 37.4 Å². The molecule has 2 aromatic carbocycles. The molecule has 3 rings (SSSR count). The number of hydrogen-bond acceptors (Lipinski definition) is 3. The first kappa shape index (κ1) is 19.4. The quantitative estimate of drug-likeness (QED) is 0.584. The Bertz CT molecular complexity index is 1090. The minimum atomic E-state index is -3.74. The van der Waals surface area contributed by atoms with E-state index in [0.29, 0.717) is 12.1 Å². The number of benzene rings is 2. The number of aromatic nitrogens is 1. The number of halogens is 1. The first-order valence-corrected chi connectivity index (χ1v) is 10.3. The smallest absolute Gasteiger partial charge is 0.240 e. The number of rotatable bonds is 6. The largest absolute Gasteiger partial charge is 0.361 e. The van der Waals surface area contributed by atoms with Crippen molar-refractivity contribution in [3.05, 3.63) is 59.2 Å². The fourth-order valence-corrected chi connectivity index (χ4v) is 4.52. The van der Waals surface area contributed by atoms with Crippen LogP contribution in [0.1, 0.15) is 19.4 Å². The van der Waals surface area contributed by atoms with E-state index in [0.717, 1.165) is 16.5 Å². The number of hydrogen-bond donors (Lipinski definition) is 3. The molecule has 0 radical (unpaired) electrons. The van der Waals surface area contributed by atoms with Crippen LogP contribution >= 0.6 is 11.6 Å². The molecule has 0 saturated carbocycles. The van der Waals surface area contributed by atoms with Gasteiger partial charge in [-0.1, -0.05) is 29.8 Å². The summed E-state index contributed by atoms with van der Waals surface area (Å²) in [5, 5.41) is 3.79. The lowest BCUT2D eigenvalue weighted by Gasteiger charge is -2.15. The highest BCUT2D eigenvalue weighted by molar-refractivity contribution is 7.89. The zero-order valence-electron chi connectivity index (χ0n) is 14.9. The highest BCUT2D eigenvalue weighted by atomic mass is 35.5. The van der Waals surface area contributed by atoms with Gasteiger partial charge in [-0.15, -0.1) is 0 Å². The predicted molar refractivity (Wildman–Crippen MR) is 108 cm³/mol. The summed E-state index contributed by atoms with van der Waals surface area (Å²) in [5.74, 6) is -0.280. The lowest BCUT2D eigenvalue weighted by Crippen LogP contribution is -2.34. The van der Waals surface area contributed by atoms with Crippen molar-refractivity contribution < 1.29 is 13.2 Å². The van der Waals surface area contributed by atoms with Gasteiger partial charge in [0.2, 0.25) is 15.9 Å². The molecule has 1 aromatic heterocycles. The molecule has 0 bridgehead atoms. The van der Waals surface area contributed by atoms with Crippen LogP contribution in [0.15, 0.2) is 53.6 Å². The zero-order chi connectivity index (χ0) is 19.6. The summed E-state index contributed by atoms with van der Waals surface area (Å²) in [6.45, 7) is 3.17. The number of sulfonamides is 1. The van der Waals surface area contributed by atoms with Gasteiger partial charge in [0, 0.05) is 30.1 Å². The van der Waals surface area contributed by atoms with Gasteiger partial charge in [-0.3, -0.25) is 4.79 Å². The molecule has 3 N–H and O–H groups in total. The van der Waals surface area contributed by atoms with Crippen LogP contribution in [-0.2, 0) is 21.2 Å². The molecule has 6 nitrogen and oxygen atoms in total. The standard InChI is InChI=1S/C19H20ClN3O3S/c1-12(9-14-11-21-18-6-4-3-5-16(14)18)23-27(25,26)15-7-8-19(17(20)10-15)22-13(2)24/h3-8,10-12,21,23H,9H2,1-2H3,(H,22,24). The summed E-state index contributed by atoms with van der Waals surface area (Å²) in [7, 11) is -3.74. The van der Waals surface area contributed by atoms with E-state index in [1.54, 1.807) is 0 Å². The third-order valence-electron chi connectivity index (χ3n) is 4.12. The number of fused-ring (bicyclic) bond motifs is 1. The van der Waals surface area contributed by atoms with Crippen LogP contribution in [0.3, 0.4) is 0 Å². The number of H-pyrrole nitrogens is 1. The average molecular weight is 406 g/mol. The number of carbonyl (C=O) groups is 1. The topological polar surface area (TPSA) is 91.1 Å². The SMILES string of the molecule is CC(=O)Nc1ccc(S(=O)(=O)NC(C)Cc2c[nH]c3ccccc23)cc1Cl. The van der Waals surface area contributed by atoms with Crippen molar-refractivity contribution >= 4 is 44.1 Å². The molecule has 0 aliphatic rings.